The smallest absolute Gasteiger partial charge is 0.409 e. The molecule has 0 aliphatic heterocycles. The summed E-state index contributed by atoms with van der Waals surface area (Å²) in [5.41, 5.74) is 0.878. The van der Waals surface area contributed by atoms with Crippen LogP contribution in [0.4, 0.5) is 4.79 Å². The van der Waals surface area contributed by atoms with Crippen molar-refractivity contribution < 1.29 is 23.9 Å². The lowest BCUT2D eigenvalue weighted by Crippen LogP contribution is -2.57. The highest BCUT2D eigenvalue weighted by Gasteiger charge is 2.47. The second-order valence-corrected chi connectivity index (χ2v) is 8.95. The van der Waals surface area contributed by atoms with Crippen molar-refractivity contribution in [2.24, 2.45) is 0 Å². The first-order chi connectivity index (χ1) is 14.1. The van der Waals surface area contributed by atoms with Gasteiger partial charge in [-0.1, -0.05) is 60.7 Å². The van der Waals surface area contributed by atoms with E-state index in [9.17, 15) is 14.4 Å². The minimum Gasteiger partial charge on any atom is -0.457 e. The lowest BCUT2D eigenvalue weighted by molar-refractivity contribution is -0.160. The van der Waals surface area contributed by atoms with Crippen LogP contribution in [0.1, 0.15) is 38.3 Å². The number of ketones is 1. The van der Waals surface area contributed by atoms with Gasteiger partial charge in [-0.15, -0.1) is 0 Å². The van der Waals surface area contributed by atoms with E-state index in [2.05, 4.69) is 21.2 Å². The van der Waals surface area contributed by atoms with E-state index >= 15 is 0 Å². The predicted octanol–water partition coefficient (Wildman–Crippen LogP) is 4.55. The van der Waals surface area contributed by atoms with Gasteiger partial charge in [0.25, 0.3) is 4.45 Å². The van der Waals surface area contributed by atoms with Crippen LogP contribution in [-0.2, 0) is 32.1 Å². The Hall–Kier alpha value is -2.67. The van der Waals surface area contributed by atoms with Gasteiger partial charge in [0.15, 0.2) is 5.78 Å². The Morgan fingerprint density at radius 3 is 1.97 bits per heavy atom. The lowest BCUT2D eigenvalue weighted by atomic mass is 10.0. The molecule has 0 fully saturated rings. The van der Waals surface area contributed by atoms with Crippen molar-refractivity contribution in [2.45, 2.75) is 50.3 Å². The van der Waals surface area contributed by atoms with Gasteiger partial charge in [-0.3, -0.25) is 10.1 Å². The van der Waals surface area contributed by atoms with E-state index in [0.717, 1.165) is 11.1 Å². The number of halogens is 1. The molecule has 2 rings (SSSR count). The highest BCUT2D eigenvalue weighted by atomic mass is 79.9. The molecule has 6 nitrogen and oxygen atoms in total. The van der Waals surface area contributed by atoms with Crippen LogP contribution in [0.25, 0.3) is 0 Å². The number of nitrogens with one attached hydrogen (secondary N) is 1. The highest BCUT2D eigenvalue weighted by molar-refractivity contribution is 9.10. The molecule has 0 spiro atoms. The van der Waals surface area contributed by atoms with Gasteiger partial charge >= 0.3 is 12.1 Å². The lowest BCUT2D eigenvalue weighted by Gasteiger charge is -2.29. The molecular formula is C23H26BrNO5. The molecule has 0 radical (unpaired) electrons. The Bertz CT molecular complexity index is 864. The van der Waals surface area contributed by atoms with Crippen molar-refractivity contribution in [1.29, 1.82) is 0 Å². The van der Waals surface area contributed by atoms with Crippen LogP contribution < -0.4 is 5.32 Å². The minimum atomic E-state index is -2.04. The molecule has 1 N–H and O–H groups in total. The zero-order valence-electron chi connectivity index (χ0n) is 17.3. The maximum atomic E-state index is 13.0. The number of esters is 1. The maximum Gasteiger partial charge on any atom is 0.409 e. The normalized spacial score (nSPS) is 13.1. The zero-order valence-corrected chi connectivity index (χ0v) is 18.9. The second kappa shape index (κ2) is 10.4. The van der Waals surface area contributed by atoms with E-state index < -0.39 is 27.9 Å². The summed E-state index contributed by atoms with van der Waals surface area (Å²) in [5.74, 6) is -1.43. The number of hydrogen-bond acceptors (Lipinski definition) is 5. The summed E-state index contributed by atoms with van der Waals surface area (Å²) in [6.07, 6.45) is -0.473. The van der Waals surface area contributed by atoms with E-state index in [1.807, 2.05) is 48.5 Å². The fraction of sp³-hybridized carbons (Fsp3) is 0.348. The van der Waals surface area contributed by atoms with Crippen LogP contribution in [0.2, 0.25) is 0 Å². The monoisotopic (exact) mass is 475 g/mol. The van der Waals surface area contributed by atoms with E-state index in [1.165, 1.54) is 0 Å². The summed E-state index contributed by atoms with van der Waals surface area (Å²) < 4.78 is 8.50. The van der Waals surface area contributed by atoms with Crippen molar-refractivity contribution in [3.05, 3.63) is 71.8 Å². The van der Waals surface area contributed by atoms with Crippen LogP contribution in [0.5, 0.6) is 0 Å². The number of alkyl carbamates (subject to hydrolysis) is 1. The Morgan fingerprint density at radius 2 is 1.43 bits per heavy atom. The van der Waals surface area contributed by atoms with Gasteiger partial charge in [0.2, 0.25) is 0 Å². The number of amides is 1. The number of Topliss-reactive ketones (excluding diaryl/α,β-unsaturated/α-hetero) is 1. The third-order valence-corrected chi connectivity index (χ3v) is 5.00. The molecule has 0 bridgehead atoms. The zero-order chi connectivity index (χ0) is 22.2. The first-order valence-corrected chi connectivity index (χ1v) is 10.4. The molecule has 0 unspecified atom stereocenters. The summed E-state index contributed by atoms with van der Waals surface area (Å²) in [6, 6.07) is 18.5. The van der Waals surface area contributed by atoms with Crippen molar-refractivity contribution >= 4 is 33.8 Å². The molecule has 0 aliphatic carbocycles. The van der Waals surface area contributed by atoms with Crippen molar-refractivity contribution in [3.8, 4) is 0 Å². The third-order valence-electron chi connectivity index (χ3n) is 4.04. The Labute approximate surface area is 185 Å². The number of carbonyl (C=O) groups is 3. The number of carbonyl (C=O) groups excluding carboxylic acids is 3. The van der Waals surface area contributed by atoms with Crippen molar-refractivity contribution in [1.82, 2.24) is 5.32 Å². The van der Waals surface area contributed by atoms with Crippen LogP contribution in [0, 0.1) is 0 Å². The molecule has 0 aliphatic rings. The van der Waals surface area contributed by atoms with E-state index in [0.29, 0.717) is 6.42 Å². The van der Waals surface area contributed by atoms with Crippen LogP contribution in [0.15, 0.2) is 60.7 Å². The molecule has 1 atom stereocenters. The number of ether oxygens (including phenoxy) is 2. The topological polar surface area (TPSA) is 81.7 Å². The maximum absolute atomic E-state index is 13.0. The quantitative estimate of drug-likeness (QED) is 0.262. The van der Waals surface area contributed by atoms with Gasteiger partial charge in [0.05, 0.1) is 0 Å². The fourth-order valence-corrected chi connectivity index (χ4v) is 3.00. The molecule has 0 heterocycles. The SMILES string of the molecule is CC(C)(C)OC(=O)[C@](Br)(NC(=O)OCc1ccccc1)C(=O)CCc1ccccc1. The molecule has 1 amide bonds. The molecule has 30 heavy (non-hydrogen) atoms. The number of rotatable bonds is 8. The molecule has 0 aromatic heterocycles. The largest absolute Gasteiger partial charge is 0.457 e. The third kappa shape index (κ3) is 7.30. The molecule has 160 valence electrons. The van der Waals surface area contributed by atoms with Gasteiger partial charge in [0, 0.05) is 6.42 Å². The van der Waals surface area contributed by atoms with E-state index in [-0.39, 0.29) is 13.0 Å². The van der Waals surface area contributed by atoms with E-state index in [4.69, 9.17) is 9.47 Å². The number of aryl methyl sites for hydroxylation is 1. The van der Waals surface area contributed by atoms with Crippen LogP contribution in [-0.4, -0.2) is 27.9 Å². The molecule has 2 aromatic rings. The van der Waals surface area contributed by atoms with Gasteiger partial charge in [-0.25, -0.2) is 9.59 Å². The Balaban J connectivity index is 2.10. The first kappa shape index (κ1) is 23.6. The van der Waals surface area contributed by atoms with E-state index in [1.54, 1.807) is 32.9 Å². The fourth-order valence-electron chi connectivity index (χ4n) is 2.56. The van der Waals surface area contributed by atoms with Gasteiger partial charge in [0.1, 0.15) is 12.2 Å². The number of alkyl halides is 1. The standard InChI is InChI=1S/C23H26BrNO5/c1-22(2,3)30-20(27)23(24,19(26)15-14-17-10-6-4-7-11-17)25-21(28)29-16-18-12-8-5-9-13-18/h4-13H,14-16H2,1-3H3,(H,25,28)/t23-/m1/s1. The molecule has 0 saturated carbocycles. The summed E-state index contributed by atoms with van der Waals surface area (Å²) in [4.78, 5) is 38.1. The summed E-state index contributed by atoms with van der Waals surface area (Å²) >= 11 is 3.13. The first-order valence-electron chi connectivity index (χ1n) is 9.58. The molecule has 7 heteroatoms. The van der Waals surface area contributed by atoms with Crippen molar-refractivity contribution in [2.75, 3.05) is 0 Å². The van der Waals surface area contributed by atoms with Crippen molar-refractivity contribution in [3.63, 3.8) is 0 Å². The van der Waals surface area contributed by atoms with Crippen LogP contribution in [0.3, 0.4) is 0 Å². The highest BCUT2D eigenvalue weighted by Crippen LogP contribution is 2.24. The summed E-state index contributed by atoms with van der Waals surface area (Å²) in [5, 5.41) is 2.35. The Kier molecular flexibility index (Phi) is 8.17. The predicted molar refractivity (Wildman–Crippen MR) is 117 cm³/mol. The molecule has 2 aromatic carbocycles. The second-order valence-electron chi connectivity index (χ2n) is 7.76. The average Bonchev–Trinajstić information content (AvgIpc) is 2.70. The molecule has 0 saturated heterocycles. The summed E-state index contributed by atoms with van der Waals surface area (Å²) in [7, 11) is 0. The number of hydrogen-bond donors (Lipinski definition) is 1. The van der Waals surface area contributed by atoms with Crippen LogP contribution >= 0.6 is 15.9 Å². The Morgan fingerprint density at radius 1 is 0.900 bits per heavy atom. The summed E-state index contributed by atoms with van der Waals surface area (Å²) in [6.45, 7) is 5.05. The minimum absolute atomic E-state index is 0.00226. The van der Waals surface area contributed by atoms with Gasteiger partial charge in [-0.2, -0.15) is 0 Å². The molecular weight excluding hydrogens is 450 g/mol. The number of benzene rings is 2. The average molecular weight is 476 g/mol. The van der Waals surface area contributed by atoms with Gasteiger partial charge < -0.3 is 9.47 Å². The van der Waals surface area contributed by atoms with Gasteiger partial charge in [-0.05, 0) is 54.2 Å².